The first-order valence-corrected chi connectivity index (χ1v) is 6.58. The van der Waals surface area contributed by atoms with Crippen LogP contribution in [0.5, 0.6) is 0 Å². The number of halogens is 2. The molecule has 1 aromatic rings. The van der Waals surface area contributed by atoms with Crippen molar-refractivity contribution in [1.82, 2.24) is 0 Å². The van der Waals surface area contributed by atoms with Crippen LogP contribution in [-0.2, 0) is 6.42 Å². The molecule has 1 saturated carbocycles. The summed E-state index contributed by atoms with van der Waals surface area (Å²) < 4.78 is 13.3. The van der Waals surface area contributed by atoms with Crippen LogP contribution in [0.25, 0.3) is 0 Å². The van der Waals surface area contributed by atoms with E-state index in [2.05, 4.69) is 0 Å². The molecule has 0 saturated heterocycles. The lowest BCUT2D eigenvalue weighted by Gasteiger charge is -2.26. The number of alkyl halides is 1. The Hall–Kier alpha value is -1.16. The van der Waals surface area contributed by atoms with Crippen molar-refractivity contribution >= 4 is 17.3 Å². The Morgan fingerprint density at radius 1 is 1.33 bits per heavy atom. The summed E-state index contributed by atoms with van der Waals surface area (Å²) in [7, 11) is 0. The third-order valence-electron chi connectivity index (χ3n) is 3.47. The molecule has 0 bridgehead atoms. The fourth-order valence-electron chi connectivity index (χ4n) is 2.55. The lowest BCUT2D eigenvalue weighted by Crippen LogP contribution is -2.21. The van der Waals surface area contributed by atoms with Gasteiger partial charge in [0.05, 0.1) is 11.0 Å². The standard InChI is InChI=1S/C13H15ClFNO2/c14-13-4-2-1-3-10(13)5-9-6-11(15)8-12(7-9)16(17)18/h6-8,10,13H,1-5H2. The zero-order valence-electron chi connectivity index (χ0n) is 9.94. The van der Waals surface area contributed by atoms with Gasteiger partial charge in [0.15, 0.2) is 0 Å². The lowest BCUT2D eigenvalue weighted by molar-refractivity contribution is -0.385. The third kappa shape index (κ3) is 3.19. The zero-order valence-corrected chi connectivity index (χ0v) is 10.7. The largest absolute Gasteiger partial charge is 0.272 e. The normalized spacial score (nSPS) is 23.9. The van der Waals surface area contributed by atoms with Crippen molar-refractivity contribution in [3.8, 4) is 0 Å². The molecule has 2 rings (SSSR count). The van der Waals surface area contributed by atoms with E-state index < -0.39 is 10.7 Å². The summed E-state index contributed by atoms with van der Waals surface area (Å²) in [5, 5.41) is 10.8. The molecule has 1 aliphatic rings. The van der Waals surface area contributed by atoms with Gasteiger partial charge in [-0.3, -0.25) is 10.1 Å². The van der Waals surface area contributed by atoms with Gasteiger partial charge in [0, 0.05) is 11.4 Å². The predicted molar refractivity (Wildman–Crippen MR) is 68.4 cm³/mol. The maximum Gasteiger partial charge on any atom is 0.272 e. The number of non-ortho nitro benzene ring substituents is 1. The van der Waals surface area contributed by atoms with Crippen LogP contribution in [0, 0.1) is 21.8 Å². The van der Waals surface area contributed by atoms with E-state index in [-0.39, 0.29) is 11.1 Å². The first-order chi connectivity index (χ1) is 8.56. The maximum atomic E-state index is 13.3. The maximum absolute atomic E-state index is 13.3. The van der Waals surface area contributed by atoms with Crippen molar-refractivity contribution in [2.45, 2.75) is 37.5 Å². The van der Waals surface area contributed by atoms with Crippen LogP contribution in [0.1, 0.15) is 31.2 Å². The minimum atomic E-state index is -0.564. The Kier molecular flexibility index (Phi) is 4.17. The summed E-state index contributed by atoms with van der Waals surface area (Å²) in [5.41, 5.74) is 0.478. The predicted octanol–water partition coefficient (Wildman–Crippen LogP) is 4.07. The van der Waals surface area contributed by atoms with Crippen LogP contribution < -0.4 is 0 Å². The highest BCUT2D eigenvalue weighted by atomic mass is 35.5. The molecular weight excluding hydrogens is 257 g/mol. The van der Waals surface area contributed by atoms with Gasteiger partial charge in [0.1, 0.15) is 5.82 Å². The van der Waals surface area contributed by atoms with Crippen LogP contribution in [0.2, 0.25) is 0 Å². The van der Waals surface area contributed by atoms with Crippen LogP contribution in [-0.4, -0.2) is 10.3 Å². The molecule has 2 unspecified atom stereocenters. The molecule has 0 heterocycles. The van der Waals surface area contributed by atoms with E-state index in [9.17, 15) is 14.5 Å². The van der Waals surface area contributed by atoms with E-state index in [0.717, 1.165) is 31.7 Å². The van der Waals surface area contributed by atoms with E-state index >= 15 is 0 Å². The van der Waals surface area contributed by atoms with Crippen LogP contribution in [0.3, 0.4) is 0 Å². The molecule has 5 heteroatoms. The van der Waals surface area contributed by atoms with Gasteiger partial charge in [-0.2, -0.15) is 0 Å². The van der Waals surface area contributed by atoms with Gasteiger partial charge in [-0.25, -0.2) is 4.39 Å². The molecule has 0 spiro atoms. The van der Waals surface area contributed by atoms with E-state index in [4.69, 9.17) is 11.6 Å². The van der Waals surface area contributed by atoms with Gasteiger partial charge in [-0.1, -0.05) is 12.8 Å². The number of benzene rings is 1. The van der Waals surface area contributed by atoms with Crippen LogP contribution in [0.15, 0.2) is 18.2 Å². The molecule has 1 aromatic carbocycles. The first kappa shape index (κ1) is 13.3. The van der Waals surface area contributed by atoms with Gasteiger partial charge in [0.2, 0.25) is 0 Å². The van der Waals surface area contributed by atoms with Gasteiger partial charge >= 0.3 is 0 Å². The summed E-state index contributed by atoms with van der Waals surface area (Å²) in [5.74, 6) is -0.261. The molecule has 3 nitrogen and oxygen atoms in total. The van der Waals surface area contributed by atoms with Crippen molar-refractivity contribution < 1.29 is 9.31 Å². The molecule has 0 N–H and O–H groups in total. The molecule has 0 aromatic heterocycles. The van der Waals surface area contributed by atoms with Crippen LogP contribution >= 0.6 is 11.6 Å². The van der Waals surface area contributed by atoms with E-state index in [1.807, 2.05) is 0 Å². The molecule has 0 aliphatic heterocycles. The Labute approximate surface area is 110 Å². The molecule has 1 aliphatic carbocycles. The molecular formula is C13H15ClFNO2. The Morgan fingerprint density at radius 2 is 2.06 bits per heavy atom. The molecule has 2 atom stereocenters. The Bertz CT molecular complexity index is 453. The van der Waals surface area contributed by atoms with E-state index in [1.165, 1.54) is 12.1 Å². The number of hydrogen-bond donors (Lipinski definition) is 0. The smallest absolute Gasteiger partial charge is 0.258 e. The average Bonchev–Trinajstić information content (AvgIpc) is 2.31. The highest BCUT2D eigenvalue weighted by Gasteiger charge is 2.24. The highest BCUT2D eigenvalue weighted by Crippen LogP contribution is 2.32. The second-order valence-corrected chi connectivity index (χ2v) is 5.40. The van der Waals surface area contributed by atoms with E-state index in [0.29, 0.717) is 17.9 Å². The van der Waals surface area contributed by atoms with Crippen molar-refractivity contribution in [2.75, 3.05) is 0 Å². The second-order valence-electron chi connectivity index (χ2n) is 4.84. The summed E-state index contributed by atoms with van der Waals surface area (Å²) in [4.78, 5) is 10.1. The third-order valence-corrected chi connectivity index (χ3v) is 4.04. The van der Waals surface area contributed by atoms with Crippen LogP contribution in [0.4, 0.5) is 10.1 Å². The molecule has 0 amide bonds. The van der Waals surface area contributed by atoms with Crippen molar-refractivity contribution in [3.63, 3.8) is 0 Å². The second kappa shape index (κ2) is 5.65. The van der Waals surface area contributed by atoms with Crippen molar-refractivity contribution in [1.29, 1.82) is 0 Å². The summed E-state index contributed by atoms with van der Waals surface area (Å²) in [6.45, 7) is 0. The number of nitro benzene ring substituents is 1. The summed E-state index contributed by atoms with van der Waals surface area (Å²) in [6, 6.07) is 3.76. The van der Waals surface area contributed by atoms with Gasteiger partial charge in [-0.15, -0.1) is 11.6 Å². The Morgan fingerprint density at radius 3 is 2.72 bits per heavy atom. The minimum absolute atomic E-state index is 0.0982. The number of hydrogen-bond acceptors (Lipinski definition) is 2. The van der Waals surface area contributed by atoms with E-state index in [1.54, 1.807) is 0 Å². The zero-order chi connectivity index (χ0) is 13.1. The monoisotopic (exact) mass is 271 g/mol. The lowest BCUT2D eigenvalue weighted by atomic mass is 9.84. The fraction of sp³-hybridized carbons (Fsp3) is 0.538. The van der Waals surface area contributed by atoms with Gasteiger partial charge < -0.3 is 0 Å². The number of nitro groups is 1. The topological polar surface area (TPSA) is 43.1 Å². The minimum Gasteiger partial charge on any atom is -0.258 e. The summed E-state index contributed by atoms with van der Waals surface area (Å²) >= 11 is 6.25. The molecule has 0 radical (unpaired) electrons. The quantitative estimate of drug-likeness (QED) is 0.472. The number of nitrogens with zero attached hydrogens (tertiary/aromatic N) is 1. The SMILES string of the molecule is O=[N+]([O-])c1cc(F)cc(CC2CCCCC2Cl)c1. The molecule has 18 heavy (non-hydrogen) atoms. The Balaban J connectivity index is 2.15. The van der Waals surface area contributed by atoms with Gasteiger partial charge in [-0.05, 0) is 36.8 Å². The fourth-order valence-corrected chi connectivity index (χ4v) is 2.92. The molecule has 1 fully saturated rings. The number of rotatable bonds is 3. The first-order valence-electron chi connectivity index (χ1n) is 6.14. The summed E-state index contributed by atoms with van der Waals surface area (Å²) in [6.07, 6.45) is 4.87. The van der Waals surface area contributed by atoms with Crippen molar-refractivity contribution in [2.24, 2.45) is 5.92 Å². The van der Waals surface area contributed by atoms with Gasteiger partial charge in [0.25, 0.3) is 5.69 Å². The average molecular weight is 272 g/mol. The highest BCUT2D eigenvalue weighted by molar-refractivity contribution is 6.20. The van der Waals surface area contributed by atoms with Crippen molar-refractivity contribution in [3.05, 3.63) is 39.7 Å². The molecule has 98 valence electrons.